The number of rotatable bonds is 2. The van der Waals surface area contributed by atoms with Crippen molar-refractivity contribution in [2.75, 3.05) is 5.73 Å². The van der Waals surface area contributed by atoms with E-state index in [1.54, 1.807) is 5.57 Å². The first-order valence-electron chi connectivity index (χ1n) is 6.91. The van der Waals surface area contributed by atoms with Gasteiger partial charge in [-0.1, -0.05) is 37.8 Å². The van der Waals surface area contributed by atoms with E-state index in [-0.39, 0.29) is 0 Å². The highest BCUT2D eigenvalue weighted by molar-refractivity contribution is 5.74. The van der Waals surface area contributed by atoms with Crippen LogP contribution in [0.15, 0.2) is 24.3 Å². The first-order chi connectivity index (χ1) is 8.33. The van der Waals surface area contributed by atoms with Crippen LogP contribution in [0.5, 0.6) is 0 Å². The van der Waals surface area contributed by atoms with Crippen LogP contribution in [0.25, 0.3) is 5.57 Å². The Morgan fingerprint density at radius 3 is 2.82 bits per heavy atom. The molecule has 0 saturated heterocycles. The van der Waals surface area contributed by atoms with Gasteiger partial charge in [0.2, 0.25) is 0 Å². The summed E-state index contributed by atoms with van der Waals surface area (Å²) in [4.78, 5) is 0. The minimum atomic E-state index is 0.904. The first kappa shape index (κ1) is 10.9. The minimum absolute atomic E-state index is 0.904. The number of anilines is 1. The Morgan fingerprint density at radius 2 is 2.00 bits per heavy atom. The molecule has 3 rings (SSSR count). The number of benzene rings is 1. The van der Waals surface area contributed by atoms with E-state index >= 15 is 0 Å². The molecule has 0 bridgehead atoms. The maximum atomic E-state index is 5.83. The Kier molecular flexibility index (Phi) is 2.92. The predicted octanol–water partition coefficient (Wildman–Crippen LogP) is 4.18. The van der Waals surface area contributed by atoms with Gasteiger partial charge in [0.05, 0.1) is 0 Å². The monoisotopic (exact) mass is 227 g/mol. The molecular formula is C16H21N. The third-order valence-corrected chi connectivity index (χ3v) is 4.31. The highest BCUT2D eigenvalue weighted by Gasteiger charge is 2.18. The molecule has 1 fully saturated rings. The van der Waals surface area contributed by atoms with Crippen LogP contribution in [-0.4, -0.2) is 0 Å². The lowest BCUT2D eigenvalue weighted by molar-refractivity contribution is 0.558. The molecular weight excluding hydrogens is 206 g/mol. The van der Waals surface area contributed by atoms with Crippen molar-refractivity contribution < 1.29 is 0 Å². The fourth-order valence-electron chi connectivity index (χ4n) is 3.30. The number of nitrogen functional groups attached to an aromatic ring is 1. The van der Waals surface area contributed by atoms with Gasteiger partial charge in [-0.05, 0) is 54.0 Å². The average Bonchev–Trinajstić information content (AvgIpc) is 2.94. The second-order valence-corrected chi connectivity index (χ2v) is 5.53. The van der Waals surface area contributed by atoms with E-state index in [0.29, 0.717) is 0 Å². The van der Waals surface area contributed by atoms with Gasteiger partial charge in [0, 0.05) is 5.69 Å². The molecule has 0 radical (unpaired) electrons. The molecule has 90 valence electrons. The van der Waals surface area contributed by atoms with E-state index in [4.69, 9.17) is 5.73 Å². The van der Waals surface area contributed by atoms with Crippen molar-refractivity contribution in [1.82, 2.24) is 0 Å². The topological polar surface area (TPSA) is 26.0 Å². The van der Waals surface area contributed by atoms with Gasteiger partial charge in [0.25, 0.3) is 0 Å². The van der Waals surface area contributed by atoms with Crippen molar-refractivity contribution in [1.29, 1.82) is 0 Å². The molecule has 1 nitrogen and oxygen atoms in total. The average molecular weight is 227 g/mol. The van der Waals surface area contributed by atoms with Gasteiger partial charge < -0.3 is 5.73 Å². The van der Waals surface area contributed by atoms with Crippen molar-refractivity contribution in [2.45, 2.75) is 44.9 Å². The van der Waals surface area contributed by atoms with Gasteiger partial charge in [-0.15, -0.1) is 0 Å². The number of fused-ring (bicyclic) bond motifs is 1. The van der Waals surface area contributed by atoms with Crippen LogP contribution in [0.3, 0.4) is 0 Å². The lowest BCUT2D eigenvalue weighted by Crippen LogP contribution is -1.91. The number of hydrogen-bond acceptors (Lipinski definition) is 1. The smallest absolute Gasteiger partial charge is 0.0317 e. The maximum absolute atomic E-state index is 5.83. The predicted molar refractivity (Wildman–Crippen MR) is 73.7 cm³/mol. The first-order valence-corrected chi connectivity index (χ1v) is 6.91. The summed E-state index contributed by atoms with van der Waals surface area (Å²) in [5.41, 5.74) is 11.2. The molecule has 2 aliphatic carbocycles. The van der Waals surface area contributed by atoms with E-state index in [1.165, 1.54) is 56.1 Å². The van der Waals surface area contributed by atoms with E-state index in [0.717, 1.165) is 11.6 Å². The quantitative estimate of drug-likeness (QED) is 0.754. The fourth-order valence-corrected chi connectivity index (χ4v) is 3.30. The van der Waals surface area contributed by atoms with Gasteiger partial charge >= 0.3 is 0 Å². The summed E-state index contributed by atoms with van der Waals surface area (Å²) in [6.07, 6.45) is 12.0. The van der Waals surface area contributed by atoms with E-state index in [9.17, 15) is 0 Å². The molecule has 2 aliphatic rings. The summed E-state index contributed by atoms with van der Waals surface area (Å²) in [5, 5.41) is 0. The fraction of sp³-hybridized carbons (Fsp3) is 0.500. The zero-order chi connectivity index (χ0) is 11.7. The maximum Gasteiger partial charge on any atom is 0.0317 e. The second kappa shape index (κ2) is 4.56. The molecule has 0 amide bonds. The number of aryl methyl sites for hydroxylation is 1. The van der Waals surface area contributed by atoms with Crippen molar-refractivity contribution in [2.24, 2.45) is 5.92 Å². The zero-order valence-electron chi connectivity index (χ0n) is 10.4. The number of hydrogen-bond donors (Lipinski definition) is 1. The third kappa shape index (κ3) is 2.24. The summed E-state index contributed by atoms with van der Waals surface area (Å²) >= 11 is 0. The normalized spacial score (nSPS) is 22.2. The Labute approximate surface area is 104 Å². The van der Waals surface area contributed by atoms with Crippen LogP contribution in [0.1, 0.15) is 49.7 Å². The van der Waals surface area contributed by atoms with Crippen LogP contribution in [-0.2, 0) is 6.42 Å². The molecule has 1 aromatic carbocycles. The Bertz CT molecular complexity index is 439. The molecule has 0 atom stereocenters. The number of nitrogens with two attached hydrogens (primary N) is 1. The summed E-state index contributed by atoms with van der Waals surface area (Å²) in [7, 11) is 0. The van der Waals surface area contributed by atoms with E-state index in [2.05, 4.69) is 18.2 Å². The largest absolute Gasteiger partial charge is 0.399 e. The molecule has 0 spiro atoms. The van der Waals surface area contributed by atoms with E-state index < -0.39 is 0 Å². The molecule has 1 aromatic rings. The van der Waals surface area contributed by atoms with Gasteiger partial charge in [-0.25, -0.2) is 0 Å². The van der Waals surface area contributed by atoms with Crippen molar-refractivity contribution in [3.63, 3.8) is 0 Å². The Balaban J connectivity index is 1.76. The highest BCUT2D eigenvalue weighted by Crippen LogP contribution is 2.35. The molecule has 0 aromatic heterocycles. The molecule has 0 aliphatic heterocycles. The molecule has 1 saturated carbocycles. The van der Waals surface area contributed by atoms with Gasteiger partial charge in [-0.2, -0.15) is 0 Å². The second-order valence-electron chi connectivity index (χ2n) is 5.53. The van der Waals surface area contributed by atoms with Crippen LogP contribution in [0.4, 0.5) is 5.69 Å². The van der Waals surface area contributed by atoms with Crippen molar-refractivity contribution in [3.05, 3.63) is 35.4 Å². The molecule has 0 heterocycles. The van der Waals surface area contributed by atoms with Gasteiger partial charge in [-0.3, -0.25) is 0 Å². The van der Waals surface area contributed by atoms with Crippen molar-refractivity contribution >= 4 is 11.3 Å². The van der Waals surface area contributed by atoms with Crippen LogP contribution >= 0.6 is 0 Å². The SMILES string of the molecule is Nc1ccc2c(c1)CC/C2=C\CC1CCCC1. The Morgan fingerprint density at radius 1 is 1.18 bits per heavy atom. The van der Waals surface area contributed by atoms with E-state index in [1.807, 2.05) is 6.07 Å². The summed E-state index contributed by atoms with van der Waals surface area (Å²) < 4.78 is 0. The lowest BCUT2D eigenvalue weighted by atomic mass is 9.99. The van der Waals surface area contributed by atoms with Crippen LogP contribution in [0, 0.1) is 5.92 Å². The highest BCUT2D eigenvalue weighted by atomic mass is 14.5. The molecule has 0 unspecified atom stereocenters. The third-order valence-electron chi connectivity index (χ3n) is 4.31. The standard InChI is InChI=1S/C16H21N/c17-15-9-10-16-13(7-8-14(16)11-15)6-5-12-3-1-2-4-12/h6,9-12H,1-5,7-8,17H2/b13-6+. The Hall–Kier alpha value is -1.24. The lowest BCUT2D eigenvalue weighted by Gasteiger charge is -2.06. The number of allylic oxidation sites excluding steroid dienone is 2. The van der Waals surface area contributed by atoms with Gasteiger partial charge in [0.1, 0.15) is 0 Å². The zero-order valence-corrected chi connectivity index (χ0v) is 10.4. The molecule has 1 heteroatoms. The summed E-state index contributed by atoms with van der Waals surface area (Å²) in [6, 6.07) is 6.39. The molecule has 2 N–H and O–H groups in total. The summed E-state index contributed by atoms with van der Waals surface area (Å²) in [5.74, 6) is 0.959. The minimum Gasteiger partial charge on any atom is -0.399 e. The molecule has 17 heavy (non-hydrogen) atoms. The van der Waals surface area contributed by atoms with Crippen LogP contribution < -0.4 is 5.73 Å². The van der Waals surface area contributed by atoms with Gasteiger partial charge in [0.15, 0.2) is 0 Å². The van der Waals surface area contributed by atoms with Crippen molar-refractivity contribution in [3.8, 4) is 0 Å². The summed E-state index contributed by atoms with van der Waals surface area (Å²) in [6.45, 7) is 0. The van der Waals surface area contributed by atoms with Crippen LogP contribution in [0.2, 0.25) is 0 Å².